The van der Waals surface area contributed by atoms with Crippen molar-refractivity contribution >= 4 is 15.9 Å². The molecule has 0 aliphatic carbocycles. The first kappa shape index (κ1) is 13.7. The van der Waals surface area contributed by atoms with Gasteiger partial charge in [-0.15, -0.1) is 0 Å². The first-order chi connectivity index (χ1) is 10.0. The molecule has 0 aliphatic rings. The van der Waals surface area contributed by atoms with E-state index in [1.54, 1.807) is 0 Å². The molecular weight excluding hydrogens is 346 g/mol. The van der Waals surface area contributed by atoms with Crippen LogP contribution < -0.4 is 0 Å². The van der Waals surface area contributed by atoms with Crippen LogP contribution in [-0.4, -0.2) is 15.2 Å². The van der Waals surface area contributed by atoms with Crippen LogP contribution in [0.5, 0.6) is 5.75 Å². The van der Waals surface area contributed by atoms with E-state index in [9.17, 15) is 13.9 Å². The second kappa shape index (κ2) is 5.25. The Labute approximate surface area is 126 Å². The second-order valence-corrected chi connectivity index (χ2v) is 5.07. The molecule has 7 heteroatoms. The van der Waals surface area contributed by atoms with Gasteiger partial charge >= 0.3 is 0 Å². The summed E-state index contributed by atoms with van der Waals surface area (Å²) in [4.78, 5) is 4.07. The minimum absolute atomic E-state index is 0.0250. The van der Waals surface area contributed by atoms with Gasteiger partial charge in [0.1, 0.15) is 17.4 Å². The maximum Gasteiger partial charge on any atom is 0.261 e. The molecule has 21 heavy (non-hydrogen) atoms. The molecule has 3 rings (SSSR count). The summed E-state index contributed by atoms with van der Waals surface area (Å²) in [6.07, 6.45) is 0. The quantitative estimate of drug-likeness (QED) is 0.752. The maximum atomic E-state index is 13.7. The van der Waals surface area contributed by atoms with Crippen molar-refractivity contribution < 1.29 is 18.4 Å². The van der Waals surface area contributed by atoms with E-state index in [4.69, 9.17) is 4.52 Å². The lowest BCUT2D eigenvalue weighted by Crippen LogP contribution is -1.86. The lowest BCUT2D eigenvalue weighted by molar-refractivity contribution is 0.428. The van der Waals surface area contributed by atoms with Crippen molar-refractivity contribution in [3.63, 3.8) is 0 Å². The average Bonchev–Trinajstić information content (AvgIpc) is 2.91. The van der Waals surface area contributed by atoms with Gasteiger partial charge in [-0.1, -0.05) is 5.16 Å². The smallest absolute Gasteiger partial charge is 0.261 e. The highest BCUT2D eigenvalue weighted by Gasteiger charge is 2.15. The highest BCUT2D eigenvalue weighted by atomic mass is 79.9. The van der Waals surface area contributed by atoms with E-state index in [0.717, 1.165) is 6.07 Å². The molecular formula is C14H7BrF2N2O2. The molecule has 0 amide bonds. The lowest BCUT2D eigenvalue weighted by atomic mass is 10.2. The van der Waals surface area contributed by atoms with Crippen LogP contribution in [0.2, 0.25) is 0 Å². The summed E-state index contributed by atoms with van der Waals surface area (Å²) >= 11 is 3.07. The number of hydrogen-bond donors (Lipinski definition) is 1. The van der Waals surface area contributed by atoms with E-state index in [1.807, 2.05) is 0 Å². The number of halogens is 3. The normalized spacial score (nSPS) is 10.8. The van der Waals surface area contributed by atoms with E-state index in [1.165, 1.54) is 30.3 Å². The summed E-state index contributed by atoms with van der Waals surface area (Å²) in [6.45, 7) is 0. The van der Waals surface area contributed by atoms with Crippen molar-refractivity contribution in [3.05, 3.63) is 52.5 Å². The van der Waals surface area contributed by atoms with Crippen molar-refractivity contribution in [3.8, 4) is 28.6 Å². The van der Waals surface area contributed by atoms with Gasteiger partial charge in [0.15, 0.2) is 0 Å². The molecule has 4 nitrogen and oxygen atoms in total. The molecule has 0 bridgehead atoms. The van der Waals surface area contributed by atoms with E-state index in [0.29, 0.717) is 5.56 Å². The van der Waals surface area contributed by atoms with Crippen molar-refractivity contribution in [2.24, 2.45) is 0 Å². The molecule has 106 valence electrons. The predicted octanol–water partition coefficient (Wildman–Crippen LogP) is 4.15. The van der Waals surface area contributed by atoms with Crippen LogP contribution in [-0.2, 0) is 0 Å². The van der Waals surface area contributed by atoms with E-state index in [-0.39, 0.29) is 27.5 Å². The third-order valence-electron chi connectivity index (χ3n) is 2.79. The van der Waals surface area contributed by atoms with Crippen molar-refractivity contribution in [1.82, 2.24) is 10.1 Å². The SMILES string of the molecule is Oc1ccc(-c2nc(-c3ccc(F)c(Br)c3)no2)c(F)c1. The first-order valence-electron chi connectivity index (χ1n) is 5.82. The Bertz CT molecular complexity index is 820. The standard InChI is InChI=1S/C14H7BrF2N2O2/c15-10-5-7(1-4-11(10)16)13-18-14(21-19-13)9-3-2-8(20)6-12(9)17/h1-6,20H. The van der Waals surface area contributed by atoms with E-state index >= 15 is 0 Å². The third kappa shape index (κ3) is 2.64. The van der Waals surface area contributed by atoms with Crippen LogP contribution in [0.25, 0.3) is 22.8 Å². The minimum atomic E-state index is -0.675. The number of phenols is 1. The summed E-state index contributed by atoms with van der Waals surface area (Å²) in [5, 5.41) is 12.9. The zero-order chi connectivity index (χ0) is 15.0. The van der Waals surface area contributed by atoms with Crippen molar-refractivity contribution in [1.29, 1.82) is 0 Å². The fourth-order valence-corrected chi connectivity index (χ4v) is 2.14. The Hall–Kier alpha value is -2.28. The monoisotopic (exact) mass is 352 g/mol. The Morgan fingerprint density at radius 2 is 1.86 bits per heavy atom. The first-order valence-corrected chi connectivity index (χ1v) is 6.62. The number of nitrogens with zero attached hydrogens (tertiary/aromatic N) is 2. The summed E-state index contributed by atoms with van der Waals surface area (Å²) in [5.74, 6) is -1.10. The third-order valence-corrected chi connectivity index (χ3v) is 3.39. The number of benzene rings is 2. The van der Waals surface area contributed by atoms with Crippen molar-refractivity contribution in [2.75, 3.05) is 0 Å². The number of aromatic nitrogens is 2. The molecule has 1 N–H and O–H groups in total. The molecule has 3 aromatic rings. The molecule has 0 aliphatic heterocycles. The molecule has 0 spiro atoms. The molecule has 0 unspecified atom stereocenters. The molecule has 0 atom stereocenters. The van der Waals surface area contributed by atoms with Crippen LogP contribution in [0.4, 0.5) is 8.78 Å². The van der Waals surface area contributed by atoms with Gasteiger partial charge in [0.05, 0.1) is 10.0 Å². The van der Waals surface area contributed by atoms with Gasteiger partial charge in [0.2, 0.25) is 5.82 Å². The van der Waals surface area contributed by atoms with Crippen LogP contribution in [0.3, 0.4) is 0 Å². The second-order valence-electron chi connectivity index (χ2n) is 4.22. The van der Waals surface area contributed by atoms with Gasteiger partial charge in [0, 0.05) is 11.6 Å². The maximum absolute atomic E-state index is 13.7. The summed E-state index contributed by atoms with van der Waals surface area (Å²) in [7, 11) is 0. The molecule has 0 fully saturated rings. The minimum Gasteiger partial charge on any atom is -0.508 e. The van der Waals surface area contributed by atoms with Crippen molar-refractivity contribution in [2.45, 2.75) is 0 Å². The van der Waals surface area contributed by atoms with Crippen LogP contribution >= 0.6 is 15.9 Å². The van der Waals surface area contributed by atoms with Crippen LogP contribution in [0, 0.1) is 11.6 Å². The number of rotatable bonds is 2. The molecule has 1 heterocycles. The summed E-state index contributed by atoms with van der Waals surface area (Å²) < 4.78 is 32.2. The van der Waals surface area contributed by atoms with Gasteiger partial charge in [-0.05, 0) is 46.3 Å². The predicted molar refractivity (Wildman–Crippen MR) is 74.5 cm³/mol. The van der Waals surface area contributed by atoms with Gasteiger partial charge in [0.25, 0.3) is 5.89 Å². The van der Waals surface area contributed by atoms with Gasteiger partial charge in [-0.25, -0.2) is 8.78 Å². The topological polar surface area (TPSA) is 59.2 Å². The highest BCUT2D eigenvalue weighted by Crippen LogP contribution is 2.28. The number of hydrogen-bond acceptors (Lipinski definition) is 4. The summed E-state index contributed by atoms with van der Waals surface area (Å²) in [5.41, 5.74) is 0.602. The molecule has 2 aromatic carbocycles. The summed E-state index contributed by atoms with van der Waals surface area (Å²) in [6, 6.07) is 7.85. The van der Waals surface area contributed by atoms with E-state index < -0.39 is 11.6 Å². The molecule has 1 aromatic heterocycles. The van der Waals surface area contributed by atoms with Gasteiger partial charge < -0.3 is 9.63 Å². The largest absolute Gasteiger partial charge is 0.508 e. The Kier molecular flexibility index (Phi) is 3.42. The van der Waals surface area contributed by atoms with Crippen LogP contribution in [0.15, 0.2) is 45.4 Å². The Balaban J connectivity index is 2.01. The van der Waals surface area contributed by atoms with Gasteiger partial charge in [-0.3, -0.25) is 0 Å². The fraction of sp³-hybridized carbons (Fsp3) is 0. The lowest BCUT2D eigenvalue weighted by Gasteiger charge is -1.98. The molecule has 0 saturated carbocycles. The fourth-order valence-electron chi connectivity index (χ4n) is 1.76. The van der Waals surface area contributed by atoms with Crippen LogP contribution in [0.1, 0.15) is 0 Å². The Morgan fingerprint density at radius 1 is 1.05 bits per heavy atom. The highest BCUT2D eigenvalue weighted by molar-refractivity contribution is 9.10. The average molecular weight is 353 g/mol. The number of phenolic OH excluding ortho intramolecular Hbond substituents is 1. The number of aromatic hydroxyl groups is 1. The molecule has 0 radical (unpaired) electrons. The van der Waals surface area contributed by atoms with E-state index in [2.05, 4.69) is 26.1 Å². The molecule has 0 saturated heterocycles. The van der Waals surface area contributed by atoms with Gasteiger partial charge in [-0.2, -0.15) is 4.98 Å². The zero-order valence-electron chi connectivity index (χ0n) is 10.3. The zero-order valence-corrected chi connectivity index (χ0v) is 11.9. The Morgan fingerprint density at radius 3 is 2.57 bits per heavy atom.